The van der Waals surface area contributed by atoms with Gasteiger partial charge in [0, 0.05) is 38.5 Å². The Morgan fingerprint density at radius 3 is 2.79 bits per heavy atom. The fourth-order valence-electron chi connectivity index (χ4n) is 4.29. The molecule has 1 saturated heterocycles. The van der Waals surface area contributed by atoms with Gasteiger partial charge in [-0.2, -0.15) is 0 Å². The van der Waals surface area contributed by atoms with Crippen LogP contribution < -0.4 is 10.1 Å². The highest BCUT2D eigenvalue weighted by molar-refractivity contribution is 5.85. The number of amides is 1. The number of hydrogen-bond acceptors (Lipinski definition) is 5. The Labute approximate surface area is 172 Å². The molecule has 2 aromatic rings. The Bertz CT molecular complexity index is 870. The predicted octanol–water partition coefficient (Wildman–Crippen LogP) is 2.30. The average Bonchev–Trinajstić information content (AvgIpc) is 3.01. The van der Waals surface area contributed by atoms with Crippen molar-refractivity contribution in [3.05, 3.63) is 41.5 Å². The van der Waals surface area contributed by atoms with Crippen LogP contribution in [-0.4, -0.2) is 57.4 Å². The highest BCUT2D eigenvalue weighted by Crippen LogP contribution is 2.26. The molecule has 0 radical (unpaired) electrons. The smallest absolute Gasteiger partial charge is 0.266 e. The Morgan fingerprint density at radius 1 is 1.21 bits per heavy atom. The van der Waals surface area contributed by atoms with Crippen LogP contribution in [0.5, 0.6) is 5.75 Å². The Kier molecular flexibility index (Phi) is 5.58. The molecule has 3 heterocycles. The Morgan fingerprint density at radius 2 is 2.03 bits per heavy atom. The van der Waals surface area contributed by atoms with Gasteiger partial charge in [0.2, 0.25) is 0 Å². The van der Waals surface area contributed by atoms with E-state index in [0.29, 0.717) is 19.0 Å². The molecule has 1 N–H and O–H groups in total. The van der Waals surface area contributed by atoms with Gasteiger partial charge < -0.3 is 19.5 Å². The van der Waals surface area contributed by atoms with E-state index in [2.05, 4.69) is 20.1 Å². The minimum Gasteiger partial charge on any atom is -0.478 e. The molecule has 1 unspecified atom stereocenters. The number of piperidine rings is 1. The average molecular weight is 398 g/mol. The van der Waals surface area contributed by atoms with E-state index in [1.54, 1.807) is 0 Å². The van der Waals surface area contributed by atoms with Gasteiger partial charge in [0.15, 0.2) is 5.60 Å². The third-order valence-electron chi connectivity index (χ3n) is 5.98. The first kappa shape index (κ1) is 19.9. The van der Waals surface area contributed by atoms with Gasteiger partial charge in [0.1, 0.15) is 17.4 Å². The first-order valence-corrected chi connectivity index (χ1v) is 10.6. The summed E-state index contributed by atoms with van der Waals surface area (Å²) in [5.74, 6) is 3.23. The summed E-state index contributed by atoms with van der Waals surface area (Å²) in [7, 11) is 0. The molecule has 2 aliphatic rings. The zero-order valence-corrected chi connectivity index (χ0v) is 17.6. The summed E-state index contributed by atoms with van der Waals surface area (Å²) in [5.41, 5.74) is 0.105. The third kappa shape index (κ3) is 4.15. The van der Waals surface area contributed by atoms with Crippen molar-refractivity contribution in [3.8, 4) is 5.75 Å². The molecule has 4 rings (SSSR count). The van der Waals surface area contributed by atoms with Gasteiger partial charge in [-0.05, 0) is 51.8 Å². The van der Waals surface area contributed by atoms with Crippen LogP contribution in [0.25, 0.3) is 0 Å². The van der Waals surface area contributed by atoms with E-state index in [-0.39, 0.29) is 5.91 Å². The van der Waals surface area contributed by atoms with Gasteiger partial charge in [-0.3, -0.25) is 4.79 Å². The zero-order chi connectivity index (χ0) is 20.4. The van der Waals surface area contributed by atoms with Crippen LogP contribution in [0, 0.1) is 6.92 Å². The fraction of sp³-hybridized carbons (Fsp3) is 0.591. The van der Waals surface area contributed by atoms with Crippen molar-refractivity contribution in [2.75, 3.05) is 26.2 Å². The molecule has 29 heavy (non-hydrogen) atoms. The second-order valence-electron chi connectivity index (χ2n) is 8.59. The summed E-state index contributed by atoms with van der Waals surface area (Å²) in [6, 6.07) is 7.82. The van der Waals surface area contributed by atoms with Gasteiger partial charge in [-0.1, -0.05) is 18.2 Å². The summed E-state index contributed by atoms with van der Waals surface area (Å²) in [4.78, 5) is 15.2. The summed E-state index contributed by atoms with van der Waals surface area (Å²) < 4.78 is 8.37. The molecule has 7 heteroatoms. The minimum absolute atomic E-state index is 0.0142. The number of carbonyl (C=O) groups is 1. The lowest BCUT2D eigenvalue weighted by atomic mass is 9.99. The van der Waals surface area contributed by atoms with Crippen LogP contribution in [-0.2, 0) is 17.8 Å². The van der Waals surface area contributed by atoms with Gasteiger partial charge in [0.05, 0.1) is 0 Å². The molecule has 156 valence electrons. The molecular weight excluding hydrogens is 366 g/mol. The third-order valence-corrected chi connectivity index (χ3v) is 5.98. The Balaban J connectivity index is 1.46. The van der Waals surface area contributed by atoms with Crippen molar-refractivity contribution in [1.82, 2.24) is 25.0 Å². The summed E-state index contributed by atoms with van der Waals surface area (Å²) in [6.07, 6.45) is 3.03. The number of carbonyl (C=O) groups excluding carboxylic acids is 1. The predicted molar refractivity (Wildman–Crippen MR) is 111 cm³/mol. The number of aryl methyl sites for hydroxylation is 1. The lowest BCUT2D eigenvalue weighted by Crippen LogP contribution is -2.50. The molecule has 2 aliphatic heterocycles. The maximum atomic E-state index is 13.3. The maximum absolute atomic E-state index is 13.3. The van der Waals surface area contributed by atoms with Crippen LogP contribution in [0.3, 0.4) is 0 Å². The highest BCUT2D eigenvalue weighted by atomic mass is 16.5. The monoisotopic (exact) mass is 397 g/mol. The van der Waals surface area contributed by atoms with Crippen LogP contribution in [0.1, 0.15) is 49.8 Å². The number of benzene rings is 1. The number of hydrogen-bond donors (Lipinski definition) is 1. The number of aromatic nitrogens is 3. The van der Waals surface area contributed by atoms with Crippen molar-refractivity contribution in [1.29, 1.82) is 0 Å². The Hall–Kier alpha value is -2.41. The number of ether oxygens (including phenoxy) is 1. The molecule has 1 fully saturated rings. The number of nitrogens with one attached hydrogen (secondary N) is 1. The van der Waals surface area contributed by atoms with Gasteiger partial charge in [-0.25, -0.2) is 0 Å². The summed E-state index contributed by atoms with van der Waals surface area (Å²) in [6.45, 7) is 9.76. The minimum atomic E-state index is -0.924. The van der Waals surface area contributed by atoms with E-state index >= 15 is 0 Å². The van der Waals surface area contributed by atoms with Crippen molar-refractivity contribution in [2.24, 2.45) is 0 Å². The van der Waals surface area contributed by atoms with Crippen molar-refractivity contribution in [3.63, 3.8) is 0 Å². The van der Waals surface area contributed by atoms with E-state index in [9.17, 15) is 4.79 Å². The molecule has 0 saturated carbocycles. The first-order chi connectivity index (χ1) is 14.0. The number of fused-ring (bicyclic) bond motifs is 1. The van der Waals surface area contributed by atoms with Crippen molar-refractivity contribution >= 4 is 5.91 Å². The van der Waals surface area contributed by atoms with Gasteiger partial charge in [-0.15, -0.1) is 10.2 Å². The lowest BCUT2D eigenvalue weighted by molar-refractivity contribution is -0.145. The second kappa shape index (κ2) is 8.14. The molecular formula is C22H31N5O2. The van der Waals surface area contributed by atoms with Crippen LogP contribution in [0.4, 0.5) is 0 Å². The first-order valence-electron chi connectivity index (χ1n) is 10.6. The van der Waals surface area contributed by atoms with Crippen LogP contribution >= 0.6 is 0 Å². The number of rotatable bonds is 4. The quantitative estimate of drug-likeness (QED) is 0.857. The standard InChI is InChI=1S/C22H31N5O2/c1-16-7-4-5-9-18(16)29-22(2,3)21(28)26-12-10-19-24-25-20(27(19)14-13-26)17-8-6-11-23-15-17/h4-5,7,9,17,23H,6,8,10-15H2,1-3H3. The van der Waals surface area contributed by atoms with E-state index in [1.165, 1.54) is 6.42 Å². The van der Waals surface area contributed by atoms with Crippen molar-refractivity contribution in [2.45, 2.75) is 58.1 Å². The molecule has 0 spiro atoms. The van der Waals surface area contributed by atoms with Crippen LogP contribution in [0.2, 0.25) is 0 Å². The SMILES string of the molecule is Cc1ccccc1OC(C)(C)C(=O)N1CCc2nnc(C3CCCNC3)n2CC1. The van der Waals surface area contributed by atoms with E-state index in [4.69, 9.17) is 4.74 Å². The molecule has 7 nitrogen and oxygen atoms in total. The van der Waals surface area contributed by atoms with Gasteiger partial charge >= 0.3 is 0 Å². The second-order valence-corrected chi connectivity index (χ2v) is 8.59. The molecule has 1 aromatic heterocycles. The summed E-state index contributed by atoms with van der Waals surface area (Å²) in [5, 5.41) is 12.4. The number of para-hydroxylation sites is 1. The highest BCUT2D eigenvalue weighted by Gasteiger charge is 2.36. The molecule has 1 amide bonds. The summed E-state index contributed by atoms with van der Waals surface area (Å²) >= 11 is 0. The molecule has 0 bridgehead atoms. The number of nitrogens with zero attached hydrogens (tertiary/aromatic N) is 4. The van der Waals surface area contributed by atoms with E-state index < -0.39 is 5.60 Å². The molecule has 1 aromatic carbocycles. The topological polar surface area (TPSA) is 72.3 Å². The molecule has 0 aliphatic carbocycles. The zero-order valence-electron chi connectivity index (χ0n) is 17.6. The maximum Gasteiger partial charge on any atom is 0.266 e. The van der Waals surface area contributed by atoms with Gasteiger partial charge in [0.25, 0.3) is 5.91 Å². The van der Waals surface area contributed by atoms with Crippen molar-refractivity contribution < 1.29 is 9.53 Å². The largest absolute Gasteiger partial charge is 0.478 e. The fourth-order valence-corrected chi connectivity index (χ4v) is 4.29. The van der Waals surface area contributed by atoms with E-state index in [1.807, 2.05) is 49.9 Å². The normalized spacial score (nSPS) is 20.1. The molecule has 1 atom stereocenters. The van der Waals surface area contributed by atoms with Crippen LogP contribution in [0.15, 0.2) is 24.3 Å². The van der Waals surface area contributed by atoms with E-state index in [0.717, 1.165) is 55.4 Å². The lowest BCUT2D eigenvalue weighted by Gasteiger charge is -2.32.